The van der Waals surface area contributed by atoms with Gasteiger partial charge in [-0.3, -0.25) is 38.4 Å². The topological polar surface area (TPSA) is 295 Å². The summed E-state index contributed by atoms with van der Waals surface area (Å²) < 4.78 is 23.3. The molecular weight excluding hydrogens is 1170 g/mol. The number of benzene rings is 6. The van der Waals surface area contributed by atoms with Crippen LogP contribution in [0.2, 0.25) is 5.02 Å². The number of methoxy groups -OCH3 is 2. The van der Waals surface area contributed by atoms with Gasteiger partial charge in [0.1, 0.15) is 28.6 Å². The predicted octanol–water partition coefficient (Wildman–Crippen LogP) is 13.4. The molecule has 89 heavy (non-hydrogen) atoms. The molecule has 0 aliphatic carbocycles. The quantitative estimate of drug-likeness (QED) is 0.0178. The number of halogens is 2. The highest BCUT2D eigenvalue weighted by molar-refractivity contribution is 6.33. The van der Waals surface area contributed by atoms with Crippen molar-refractivity contribution in [2.45, 2.75) is 135 Å². The lowest BCUT2D eigenvalue weighted by Gasteiger charge is -2.15. The van der Waals surface area contributed by atoms with Crippen molar-refractivity contribution in [3.63, 3.8) is 0 Å². The molecule has 478 valence electrons. The molecule has 0 aromatic heterocycles. The number of carboxylic acids is 4. The summed E-state index contributed by atoms with van der Waals surface area (Å²) in [6, 6.07) is 34.5. The van der Waals surface area contributed by atoms with Gasteiger partial charge < -0.3 is 55.9 Å². The smallest absolute Gasteiger partial charge is 0.303 e. The predicted molar refractivity (Wildman–Crippen MR) is 339 cm³/mol. The lowest BCUT2D eigenvalue weighted by atomic mass is 10.0. The first-order valence-electron chi connectivity index (χ1n) is 29.9. The van der Waals surface area contributed by atoms with Gasteiger partial charge in [-0.05, 0) is 116 Å². The molecule has 1 heterocycles. The fraction of sp³-hybridized carbons (Fsp3) is 0.382. The summed E-state index contributed by atoms with van der Waals surface area (Å²) in [7, 11) is 2.98. The van der Waals surface area contributed by atoms with Crippen LogP contribution < -0.4 is 25.4 Å². The van der Waals surface area contributed by atoms with Gasteiger partial charge in [0.15, 0.2) is 0 Å². The monoisotopic (exact) mass is 1250 g/mol. The zero-order chi connectivity index (χ0) is 64.9. The van der Waals surface area contributed by atoms with Crippen molar-refractivity contribution in [2.75, 3.05) is 39.2 Å². The normalized spacial score (nSPS) is 11.1. The standard InChI is InChI=1S/C19H23NO4.C18H19NO5.C16H21NO3.C15H19ClFNO3/c21-17(22)10-4-2-1-3-7-13-20-19(24)16-12-11-14-8-5-6-9-15(14)18(16)23;1-23-14-4-3-5-15(24-2)17(14)18(22)19-13-9-6-12(7-10-13)8-11-16(20)21;18-15(19)10-4-2-1-3-7-11-17-12-13-8-5-6-9-14(13)16(17)20;16-13-10-11(17)7-8-12(13)15(21)18-9-5-3-1-2-4-6-14(19)20/h5-6,8-9,11-12,23H,1-4,7,10,13H2,(H,20,24)(H,21,22);3-7,9-10H,8,11H2,1-2H3,(H,19,22)(H,20,21);5-6,8-9H,1-4,7,10-12H2,(H,18,19);7-8,10H,1-6,9H2,(H,18,21)(H,19,20). The molecule has 6 aromatic carbocycles. The minimum atomic E-state index is -0.837. The number of fused-ring (bicyclic) bond motifs is 2. The van der Waals surface area contributed by atoms with Crippen LogP contribution >= 0.6 is 11.6 Å². The molecular formula is C68H82ClFN4O15. The van der Waals surface area contributed by atoms with Crippen LogP contribution in [0.4, 0.5) is 10.1 Å². The molecule has 19 nitrogen and oxygen atoms in total. The lowest BCUT2D eigenvalue weighted by molar-refractivity contribution is -0.138. The van der Waals surface area contributed by atoms with E-state index in [1.54, 1.807) is 54.6 Å². The van der Waals surface area contributed by atoms with Gasteiger partial charge in [-0.25, -0.2) is 4.39 Å². The second kappa shape index (κ2) is 40.4. The number of hydrogen-bond acceptors (Lipinski definition) is 11. The Hall–Kier alpha value is -9.04. The SMILES string of the molecule is COc1cccc(OC)c1C(=O)Nc1ccc(CCC(=O)O)cc1.O=C(O)CCCCCCCN1Cc2ccccc2C1=O.O=C(O)CCCCCCCNC(=O)c1ccc(F)cc1Cl.O=C(O)CCCCCCCNC(=O)c1ccc2ccccc2c1O. The largest absolute Gasteiger partial charge is 0.506 e. The van der Waals surface area contributed by atoms with E-state index in [0.29, 0.717) is 60.5 Å². The van der Waals surface area contributed by atoms with E-state index in [1.165, 1.54) is 26.4 Å². The third kappa shape index (κ3) is 26.9. The number of ether oxygens (including phenoxy) is 2. The summed E-state index contributed by atoms with van der Waals surface area (Å²) >= 11 is 5.80. The Balaban J connectivity index is 0.000000254. The van der Waals surface area contributed by atoms with E-state index >= 15 is 0 Å². The van der Waals surface area contributed by atoms with Gasteiger partial charge in [-0.15, -0.1) is 0 Å². The summed E-state index contributed by atoms with van der Waals surface area (Å²) in [4.78, 5) is 92.2. The first-order valence-corrected chi connectivity index (χ1v) is 30.3. The van der Waals surface area contributed by atoms with Crippen molar-refractivity contribution in [3.8, 4) is 17.2 Å². The van der Waals surface area contributed by atoms with E-state index in [2.05, 4.69) is 16.0 Å². The van der Waals surface area contributed by atoms with E-state index in [9.17, 15) is 47.9 Å². The van der Waals surface area contributed by atoms with Crippen LogP contribution in [-0.4, -0.2) is 112 Å². The molecule has 0 saturated heterocycles. The Bertz CT molecular complexity index is 3250. The Morgan fingerprint density at radius 3 is 1.57 bits per heavy atom. The van der Waals surface area contributed by atoms with Crippen molar-refractivity contribution >= 4 is 75.6 Å². The third-order valence-electron chi connectivity index (χ3n) is 14.2. The molecule has 8 N–H and O–H groups in total. The molecule has 1 aliphatic heterocycles. The summed E-state index contributed by atoms with van der Waals surface area (Å²) in [5.74, 6) is -3.48. The van der Waals surface area contributed by atoms with Crippen molar-refractivity contribution in [1.82, 2.24) is 15.5 Å². The summed E-state index contributed by atoms with van der Waals surface area (Å²) in [5.41, 5.74) is 4.33. The average molecular weight is 1250 g/mol. The molecule has 0 bridgehead atoms. The van der Waals surface area contributed by atoms with Gasteiger partial charge in [-0.2, -0.15) is 0 Å². The average Bonchev–Trinajstić information content (AvgIpc) is 2.28. The first-order chi connectivity index (χ1) is 42.8. The van der Waals surface area contributed by atoms with Crippen LogP contribution in [0.5, 0.6) is 17.2 Å². The number of unbranched alkanes of at least 4 members (excludes halogenated alkanes) is 12. The number of aromatic hydroxyl groups is 1. The zero-order valence-electron chi connectivity index (χ0n) is 50.5. The molecule has 0 saturated carbocycles. The van der Waals surface area contributed by atoms with Crippen molar-refractivity contribution in [3.05, 3.63) is 166 Å². The maximum Gasteiger partial charge on any atom is 0.303 e. The zero-order valence-corrected chi connectivity index (χ0v) is 51.3. The molecule has 0 unspecified atom stereocenters. The van der Waals surface area contributed by atoms with Crippen molar-refractivity contribution in [2.24, 2.45) is 0 Å². The maximum absolute atomic E-state index is 12.9. The van der Waals surface area contributed by atoms with Gasteiger partial charge in [0, 0.05) is 68.5 Å². The summed E-state index contributed by atoms with van der Waals surface area (Å²) in [5, 5.41) is 54.5. The number of carbonyl (C=O) groups is 8. The van der Waals surface area contributed by atoms with Gasteiger partial charge in [-0.1, -0.05) is 136 Å². The molecule has 21 heteroatoms. The van der Waals surface area contributed by atoms with Crippen LogP contribution in [0.1, 0.15) is 175 Å². The summed E-state index contributed by atoms with van der Waals surface area (Å²) in [6.07, 6.45) is 14.6. The molecule has 0 radical (unpaired) electrons. The minimum absolute atomic E-state index is 0.0132. The number of amides is 4. The minimum Gasteiger partial charge on any atom is -0.506 e. The highest BCUT2D eigenvalue weighted by Gasteiger charge is 2.26. The molecule has 4 amide bonds. The van der Waals surface area contributed by atoms with Crippen LogP contribution in [0, 0.1) is 5.82 Å². The number of hydrogen-bond donors (Lipinski definition) is 8. The van der Waals surface area contributed by atoms with Gasteiger partial charge in [0.05, 0.1) is 30.4 Å². The Kier molecular flexibility index (Phi) is 32.9. The van der Waals surface area contributed by atoms with Crippen LogP contribution in [0.3, 0.4) is 0 Å². The van der Waals surface area contributed by atoms with E-state index in [4.69, 9.17) is 41.5 Å². The Morgan fingerprint density at radius 1 is 0.539 bits per heavy atom. The first kappa shape index (κ1) is 72.4. The number of aliphatic carboxylic acids is 4. The number of aryl methyl sites for hydroxylation is 1. The van der Waals surface area contributed by atoms with E-state index in [0.717, 1.165) is 125 Å². The van der Waals surface area contributed by atoms with Crippen molar-refractivity contribution in [1.29, 1.82) is 0 Å². The lowest BCUT2D eigenvalue weighted by Crippen LogP contribution is -2.24. The Morgan fingerprint density at radius 2 is 1.03 bits per heavy atom. The number of carbonyl (C=O) groups excluding carboxylic acids is 4. The van der Waals surface area contributed by atoms with Crippen LogP contribution in [0.25, 0.3) is 10.8 Å². The second-order valence-electron chi connectivity index (χ2n) is 21.0. The number of nitrogens with zero attached hydrogens (tertiary/aromatic N) is 1. The molecule has 0 atom stereocenters. The number of anilines is 1. The fourth-order valence-corrected chi connectivity index (χ4v) is 9.70. The molecule has 1 aliphatic rings. The van der Waals surface area contributed by atoms with Crippen LogP contribution in [0.15, 0.2) is 121 Å². The fourth-order valence-electron chi connectivity index (χ4n) is 9.45. The van der Waals surface area contributed by atoms with Crippen LogP contribution in [-0.2, 0) is 32.1 Å². The van der Waals surface area contributed by atoms with E-state index in [1.807, 2.05) is 53.4 Å². The number of carboxylic acid groups (broad SMARTS) is 4. The molecule has 7 rings (SSSR count). The maximum atomic E-state index is 12.9. The highest BCUT2D eigenvalue weighted by atomic mass is 35.5. The van der Waals surface area contributed by atoms with Gasteiger partial charge in [0.2, 0.25) is 0 Å². The van der Waals surface area contributed by atoms with Gasteiger partial charge >= 0.3 is 23.9 Å². The number of rotatable bonds is 33. The Labute approximate surface area is 523 Å². The van der Waals surface area contributed by atoms with Crippen molar-refractivity contribution < 1.29 is 77.8 Å². The number of phenols is 1. The molecule has 0 spiro atoms. The van der Waals surface area contributed by atoms with Gasteiger partial charge in [0.25, 0.3) is 23.6 Å². The second-order valence-corrected chi connectivity index (χ2v) is 21.4. The van der Waals surface area contributed by atoms with E-state index < -0.39 is 29.7 Å². The summed E-state index contributed by atoms with van der Waals surface area (Å²) in [6.45, 7) is 2.59. The number of nitrogens with one attached hydrogen (secondary N) is 3. The number of phenolic OH excluding ortho intramolecular Hbond substituents is 1. The van der Waals surface area contributed by atoms with E-state index in [-0.39, 0.29) is 71.2 Å². The molecule has 0 fully saturated rings. The highest BCUT2D eigenvalue weighted by Crippen LogP contribution is 2.31. The third-order valence-corrected chi connectivity index (χ3v) is 14.5. The molecule has 6 aromatic rings.